The van der Waals surface area contributed by atoms with Gasteiger partial charge < -0.3 is 25.5 Å². The minimum Gasteiger partial charge on any atom is -0.394 e. The molecular formula is C11H16N6O2. The maximum absolute atomic E-state index is 9.12. The van der Waals surface area contributed by atoms with Gasteiger partial charge in [-0.3, -0.25) is 0 Å². The molecule has 2 atom stereocenters. The number of nitrogens with one attached hydrogen (secondary N) is 1. The Balaban J connectivity index is 1.80. The molecule has 3 heterocycles. The Morgan fingerprint density at radius 1 is 1.37 bits per heavy atom. The van der Waals surface area contributed by atoms with Crippen molar-refractivity contribution in [1.82, 2.24) is 24.8 Å². The molecule has 1 saturated heterocycles. The second kappa shape index (κ2) is 5.08. The van der Waals surface area contributed by atoms with Crippen LogP contribution in [0.15, 0.2) is 12.7 Å². The second-order valence-corrected chi connectivity index (χ2v) is 4.55. The highest BCUT2D eigenvalue weighted by atomic mass is 16.5. The average Bonchev–Trinajstić information content (AvgIpc) is 2.84. The van der Waals surface area contributed by atoms with Crippen LogP contribution < -0.4 is 11.1 Å². The minimum atomic E-state index is -0.159. The van der Waals surface area contributed by atoms with Gasteiger partial charge in [0.2, 0.25) is 0 Å². The van der Waals surface area contributed by atoms with Gasteiger partial charge in [0.15, 0.2) is 11.5 Å². The third-order valence-corrected chi connectivity index (χ3v) is 3.16. The lowest BCUT2D eigenvalue weighted by Gasteiger charge is -2.30. The van der Waals surface area contributed by atoms with Crippen molar-refractivity contribution in [2.45, 2.75) is 18.8 Å². The van der Waals surface area contributed by atoms with Gasteiger partial charge in [0.25, 0.3) is 0 Å². The van der Waals surface area contributed by atoms with E-state index in [1.165, 1.54) is 6.33 Å². The molecule has 8 nitrogen and oxygen atoms in total. The molecule has 0 bridgehead atoms. The molecule has 0 unspecified atom stereocenters. The number of rotatable bonds is 3. The van der Waals surface area contributed by atoms with Gasteiger partial charge in [-0.05, 0) is 0 Å². The average molecular weight is 264 g/mol. The highest BCUT2D eigenvalue weighted by Crippen LogP contribution is 2.15. The summed E-state index contributed by atoms with van der Waals surface area (Å²) in [5.41, 5.74) is 7.04. The number of fused-ring (bicyclic) bond motifs is 1. The Morgan fingerprint density at radius 3 is 3.05 bits per heavy atom. The number of ether oxygens (including phenoxy) is 1. The first-order chi connectivity index (χ1) is 9.28. The predicted molar refractivity (Wildman–Crippen MR) is 68.4 cm³/mol. The standard InChI is InChI=1S/C11H16N6O2/c12-10-9-11(15-5-14-10)17(6-16-9)3-7-1-13-2-8(4-18)19-7/h5-8,13,18H,1-4H2,(H2,12,14,15)/t7-,8+/m1/s1. The molecule has 1 fully saturated rings. The highest BCUT2D eigenvalue weighted by molar-refractivity contribution is 5.81. The van der Waals surface area contributed by atoms with Crippen molar-refractivity contribution in [2.24, 2.45) is 0 Å². The maximum Gasteiger partial charge on any atom is 0.165 e. The first-order valence-electron chi connectivity index (χ1n) is 6.16. The summed E-state index contributed by atoms with van der Waals surface area (Å²) >= 11 is 0. The Labute approximate surface area is 109 Å². The molecule has 0 radical (unpaired) electrons. The van der Waals surface area contributed by atoms with Gasteiger partial charge in [-0.1, -0.05) is 0 Å². The molecule has 4 N–H and O–H groups in total. The summed E-state index contributed by atoms with van der Waals surface area (Å²) in [7, 11) is 0. The second-order valence-electron chi connectivity index (χ2n) is 4.55. The predicted octanol–water partition coefficient (Wildman–Crippen LogP) is -1.24. The molecule has 0 aromatic carbocycles. The Hall–Kier alpha value is -1.77. The number of aliphatic hydroxyl groups is 1. The monoisotopic (exact) mass is 264 g/mol. The van der Waals surface area contributed by atoms with Crippen molar-refractivity contribution in [2.75, 3.05) is 25.4 Å². The van der Waals surface area contributed by atoms with Crippen LogP contribution in [0.1, 0.15) is 0 Å². The molecule has 8 heteroatoms. The Bertz CT molecular complexity index is 571. The quantitative estimate of drug-likeness (QED) is 0.635. The minimum absolute atomic E-state index is 0.0172. The fraction of sp³-hybridized carbons (Fsp3) is 0.545. The molecule has 1 aliphatic heterocycles. The van der Waals surface area contributed by atoms with E-state index in [4.69, 9.17) is 15.6 Å². The van der Waals surface area contributed by atoms with Gasteiger partial charge in [0.05, 0.1) is 31.7 Å². The van der Waals surface area contributed by atoms with Crippen LogP contribution in [0.4, 0.5) is 5.82 Å². The lowest BCUT2D eigenvalue weighted by atomic mass is 10.2. The first-order valence-corrected chi connectivity index (χ1v) is 6.16. The van der Waals surface area contributed by atoms with Gasteiger partial charge in [0, 0.05) is 13.1 Å². The largest absolute Gasteiger partial charge is 0.394 e. The highest BCUT2D eigenvalue weighted by Gasteiger charge is 2.22. The van der Waals surface area contributed by atoms with Crippen molar-refractivity contribution in [3.8, 4) is 0 Å². The van der Waals surface area contributed by atoms with Crippen molar-refractivity contribution in [3.63, 3.8) is 0 Å². The van der Waals surface area contributed by atoms with Gasteiger partial charge in [-0.2, -0.15) is 0 Å². The molecule has 0 aliphatic carbocycles. The van der Waals surface area contributed by atoms with Gasteiger partial charge >= 0.3 is 0 Å². The third kappa shape index (κ3) is 2.37. The lowest BCUT2D eigenvalue weighted by molar-refractivity contribution is -0.0659. The van der Waals surface area contributed by atoms with E-state index in [0.717, 1.165) is 6.54 Å². The summed E-state index contributed by atoms with van der Waals surface area (Å²) in [6.07, 6.45) is 2.92. The summed E-state index contributed by atoms with van der Waals surface area (Å²) in [6, 6.07) is 0. The fourth-order valence-corrected chi connectivity index (χ4v) is 2.24. The van der Waals surface area contributed by atoms with Crippen molar-refractivity contribution in [1.29, 1.82) is 0 Å². The normalized spacial score (nSPS) is 23.8. The van der Waals surface area contributed by atoms with Crippen LogP contribution >= 0.6 is 0 Å². The molecule has 3 rings (SSSR count). The molecule has 2 aromatic rings. The zero-order chi connectivity index (χ0) is 13.2. The van der Waals surface area contributed by atoms with Crippen LogP contribution in [0.3, 0.4) is 0 Å². The zero-order valence-corrected chi connectivity index (χ0v) is 10.4. The number of aliphatic hydroxyl groups excluding tert-OH is 1. The molecular weight excluding hydrogens is 248 g/mol. The topological polar surface area (TPSA) is 111 Å². The SMILES string of the molecule is Nc1ncnc2c1ncn2C[C@H]1CNC[C@@H](CO)O1. The smallest absolute Gasteiger partial charge is 0.165 e. The van der Waals surface area contributed by atoms with Crippen LogP contribution in [0, 0.1) is 0 Å². The first kappa shape index (κ1) is 12.3. The lowest BCUT2D eigenvalue weighted by Crippen LogP contribution is -2.47. The van der Waals surface area contributed by atoms with E-state index in [1.807, 2.05) is 4.57 Å². The van der Waals surface area contributed by atoms with Crippen LogP contribution in [-0.2, 0) is 11.3 Å². The number of nitrogens with two attached hydrogens (primary N) is 1. The molecule has 102 valence electrons. The van der Waals surface area contributed by atoms with E-state index >= 15 is 0 Å². The molecule has 2 aromatic heterocycles. The van der Waals surface area contributed by atoms with Crippen molar-refractivity contribution >= 4 is 17.0 Å². The van der Waals surface area contributed by atoms with E-state index in [9.17, 15) is 0 Å². The number of nitrogens with zero attached hydrogens (tertiary/aromatic N) is 4. The number of anilines is 1. The van der Waals surface area contributed by atoms with Gasteiger partial charge in [-0.15, -0.1) is 0 Å². The Morgan fingerprint density at radius 2 is 2.21 bits per heavy atom. The van der Waals surface area contributed by atoms with Gasteiger partial charge in [-0.25, -0.2) is 15.0 Å². The fourth-order valence-electron chi connectivity index (χ4n) is 2.24. The van der Waals surface area contributed by atoms with Gasteiger partial charge in [0.1, 0.15) is 11.8 Å². The summed E-state index contributed by atoms with van der Waals surface area (Å²) in [5, 5.41) is 12.4. The number of aromatic nitrogens is 4. The van der Waals surface area contributed by atoms with Crippen molar-refractivity contribution in [3.05, 3.63) is 12.7 Å². The summed E-state index contributed by atoms with van der Waals surface area (Å²) in [4.78, 5) is 12.3. The van der Waals surface area contributed by atoms with Crippen LogP contribution in [0.2, 0.25) is 0 Å². The summed E-state index contributed by atoms with van der Waals surface area (Å²) in [5.74, 6) is 0.375. The number of hydrogen-bond donors (Lipinski definition) is 3. The molecule has 0 spiro atoms. The van der Waals surface area contributed by atoms with Crippen LogP contribution in [0.5, 0.6) is 0 Å². The Kier molecular flexibility index (Phi) is 3.28. The maximum atomic E-state index is 9.12. The van der Waals surface area contributed by atoms with E-state index < -0.39 is 0 Å². The third-order valence-electron chi connectivity index (χ3n) is 3.16. The molecule has 19 heavy (non-hydrogen) atoms. The summed E-state index contributed by atoms with van der Waals surface area (Å²) < 4.78 is 7.64. The number of hydrogen-bond acceptors (Lipinski definition) is 7. The number of morpholine rings is 1. The van der Waals surface area contributed by atoms with Crippen LogP contribution in [0.25, 0.3) is 11.2 Å². The molecule has 0 amide bonds. The molecule has 1 aliphatic rings. The molecule has 0 saturated carbocycles. The van der Waals surface area contributed by atoms with E-state index in [1.54, 1.807) is 6.33 Å². The van der Waals surface area contributed by atoms with E-state index in [-0.39, 0.29) is 18.8 Å². The van der Waals surface area contributed by atoms with E-state index in [2.05, 4.69) is 20.3 Å². The summed E-state index contributed by atoms with van der Waals surface area (Å²) in [6.45, 7) is 2.03. The number of nitrogen functional groups attached to an aromatic ring is 1. The van der Waals surface area contributed by atoms with Crippen LogP contribution in [-0.4, -0.2) is 56.5 Å². The zero-order valence-electron chi connectivity index (χ0n) is 10.4. The van der Waals surface area contributed by atoms with E-state index in [0.29, 0.717) is 30.1 Å². The van der Waals surface area contributed by atoms with Crippen molar-refractivity contribution < 1.29 is 9.84 Å². The number of imidazole rings is 1.